The molecule has 0 radical (unpaired) electrons. The number of sulfone groups is 1. The zero-order chi connectivity index (χ0) is 13.4. The van der Waals surface area contributed by atoms with Crippen molar-refractivity contribution >= 4 is 47.1 Å². The van der Waals surface area contributed by atoms with Crippen LogP contribution in [0.4, 0.5) is 0 Å². The van der Waals surface area contributed by atoms with Crippen LogP contribution in [0.5, 0.6) is 0 Å². The van der Waals surface area contributed by atoms with Crippen molar-refractivity contribution in [1.29, 1.82) is 0 Å². The van der Waals surface area contributed by atoms with Gasteiger partial charge in [0.15, 0.2) is 9.84 Å². The van der Waals surface area contributed by atoms with Crippen LogP contribution in [0.3, 0.4) is 0 Å². The van der Waals surface area contributed by atoms with Crippen LogP contribution in [0.1, 0.15) is 6.42 Å². The minimum absolute atomic E-state index is 0.0706. The van der Waals surface area contributed by atoms with Crippen LogP contribution in [-0.4, -0.2) is 34.9 Å². The molecular weight excluding hydrogens is 362 g/mol. The van der Waals surface area contributed by atoms with Crippen molar-refractivity contribution in [3.8, 4) is 0 Å². The lowest BCUT2D eigenvalue weighted by atomic mass is 10.1. The summed E-state index contributed by atoms with van der Waals surface area (Å²) in [6, 6.07) is 1.67. The van der Waals surface area contributed by atoms with Gasteiger partial charge in [0, 0.05) is 11.0 Å². The molecule has 0 aromatic carbocycles. The van der Waals surface area contributed by atoms with Crippen molar-refractivity contribution in [2.24, 2.45) is 5.92 Å². The van der Waals surface area contributed by atoms with Crippen LogP contribution in [0.15, 0.2) is 20.1 Å². The fraction of sp³-hybridized carbons (Fsp3) is 0.556. The van der Waals surface area contributed by atoms with Gasteiger partial charge >= 0.3 is 0 Å². The van der Waals surface area contributed by atoms with Crippen molar-refractivity contribution in [3.63, 3.8) is 0 Å². The second-order valence-corrected chi connectivity index (χ2v) is 10.1. The summed E-state index contributed by atoms with van der Waals surface area (Å²) in [6.07, 6.45) is 0.524. The van der Waals surface area contributed by atoms with Crippen molar-refractivity contribution in [2.75, 3.05) is 18.1 Å². The highest BCUT2D eigenvalue weighted by molar-refractivity contribution is 9.10. The van der Waals surface area contributed by atoms with Crippen LogP contribution < -0.4 is 4.72 Å². The second kappa shape index (κ2) is 5.20. The smallest absolute Gasteiger partial charge is 0.229 e. The maximum absolute atomic E-state index is 12.0. The van der Waals surface area contributed by atoms with Crippen LogP contribution in [0.25, 0.3) is 0 Å². The lowest BCUT2D eigenvalue weighted by molar-refractivity contribution is 0.544. The highest BCUT2D eigenvalue weighted by Crippen LogP contribution is 2.27. The number of nitrogens with one attached hydrogen (secondary N) is 1. The Morgan fingerprint density at radius 1 is 1.50 bits per heavy atom. The minimum atomic E-state index is -3.55. The van der Waals surface area contributed by atoms with Crippen LogP contribution in [0, 0.1) is 5.92 Å². The van der Waals surface area contributed by atoms with Gasteiger partial charge in [-0.05, 0) is 39.7 Å². The Morgan fingerprint density at radius 2 is 2.22 bits per heavy atom. The molecule has 5 nitrogen and oxygen atoms in total. The highest BCUT2D eigenvalue weighted by atomic mass is 79.9. The molecule has 0 bridgehead atoms. The zero-order valence-electron chi connectivity index (χ0n) is 9.30. The molecule has 2 rings (SSSR count). The molecule has 1 saturated heterocycles. The molecule has 1 aliphatic heterocycles. The Kier molecular flexibility index (Phi) is 4.17. The normalized spacial score (nSPS) is 23.3. The van der Waals surface area contributed by atoms with Gasteiger partial charge in [-0.25, -0.2) is 21.6 Å². The molecule has 9 heteroatoms. The number of thiophene rings is 1. The topological polar surface area (TPSA) is 80.3 Å². The van der Waals surface area contributed by atoms with Gasteiger partial charge in [0.05, 0.1) is 11.5 Å². The Labute approximate surface area is 119 Å². The van der Waals surface area contributed by atoms with Gasteiger partial charge in [0.2, 0.25) is 0 Å². The maximum Gasteiger partial charge on any atom is 0.251 e. The molecule has 1 aromatic heterocycles. The number of hydrogen-bond donors (Lipinski definition) is 1. The van der Waals surface area contributed by atoms with E-state index in [2.05, 4.69) is 20.7 Å². The largest absolute Gasteiger partial charge is 0.251 e. The standard InChI is InChI=1S/C9H12BrNO4S3/c10-8-1-3-16-9(8)18(14,15)11-5-7-2-4-17(12,13)6-7/h1,3,7,11H,2,4-6H2. The Bertz CT molecular complexity index is 635. The Hall–Kier alpha value is 0.0400. The predicted octanol–water partition coefficient (Wildman–Crippen LogP) is 1.22. The van der Waals surface area contributed by atoms with E-state index in [1.807, 2.05) is 0 Å². The monoisotopic (exact) mass is 373 g/mol. The van der Waals surface area contributed by atoms with Crippen LogP contribution >= 0.6 is 27.3 Å². The number of hydrogen-bond acceptors (Lipinski definition) is 5. The molecular formula is C9H12BrNO4S3. The molecule has 1 atom stereocenters. The first-order valence-corrected chi connectivity index (χ1v) is 10.2. The fourth-order valence-electron chi connectivity index (χ4n) is 1.80. The quantitative estimate of drug-likeness (QED) is 0.860. The molecule has 1 aromatic rings. The molecule has 18 heavy (non-hydrogen) atoms. The third-order valence-electron chi connectivity index (χ3n) is 2.72. The third-order valence-corrected chi connectivity index (χ3v) is 8.65. The van der Waals surface area contributed by atoms with Crippen molar-refractivity contribution in [2.45, 2.75) is 10.6 Å². The Morgan fingerprint density at radius 3 is 2.72 bits per heavy atom. The summed E-state index contributed by atoms with van der Waals surface area (Å²) < 4.78 is 49.7. The van der Waals surface area contributed by atoms with Crippen molar-refractivity contribution < 1.29 is 16.8 Å². The van der Waals surface area contributed by atoms with E-state index in [1.54, 1.807) is 11.4 Å². The van der Waals surface area contributed by atoms with E-state index in [-0.39, 0.29) is 28.2 Å². The molecule has 0 saturated carbocycles. The average molecular weight is 374 g/mol. The second-order valence-electron chi connectivity index (χ2n) is 4.18. The summed E-state index contributed by atoms with van der Waals surface area (Å²) in [5.41, 5.74) is 0. The number of sulfonamides is 1. The van der Waals surface area contributed by atoms with Gasteiger partial charge in [0.25, 0.3) is 10.0 Å². The maximum atomic E-state index is 12.0. The lowest BCUT2D eigenvalue weighted by Gasteiger charge is -2.09. The van der Waals surface area contributed by atoms with Crippen molar-refractivity contribution in [3.05, 3.63) is 15.9 Å². The molecule has 102 valence electrons. The minimum Gasteiger partial charge on any atom is -0.229 e. The van der Waals surface area contributed by atoms with E-state index >= 15 is 0 Å². The molecule has 1 unspecified atom stereocenters. The van der Waals surface area contributed by atoms with Crippen LogP contribution in [0.2, 0.25) is 0 Å². The summed E-state index contributed by atoms with van der Waals surface area (Å²) in [5, 5.41) is 1.68. The van der Waals surface area contributed by atoms with Gasteiger partial charge in [-0.2, -0.15) is 0 Å². The number of rotatable bonds is 4. The van der Waals surface area contributed by atoms with E-state index in [4.69, 9.17) is 0 Å². The molecule has 1 N–H and O–H groups in total. The molecule has 2 heterocycles. The fourth-order valence-corrected chi connectivity index (χ4v) is 7.16. The highest BCUT2D eigenvalue weighted by Gasteiger charge is 2.29. The van der Waals surface area contributed by atoms with Crippen molar-refractivity contribution in [1.82, 2.24) is 4.72 Å². The SMILES string of the molecule is O=S1(=O)CCC(CNS(=O)(=O)c2sccc2Br)C1. The summed E-state index contributed by atoms with van der Waals surface area (Å²) in [5.74, 6) is 0.104. The average Bonchev–Trinajstić information content (AvgIpc) is 2.82. The summed E-state index contributed by atoms with van der Waals surface area (Å²) in [6.45, 7) is 0.173. The van der Waals surface area contributed by atoms with E-state index in [9.17, 15) is 16.8 Å². The van der Waals surface area contributed by atoms with Gasteiger partial charge < -0.3 is 0 Å². The first-order valence-electron chi connectivity index (χ1n) is 5.23. The van der Waals surface area contributed by atoms with Gasteiger partial charge in [-0.15, -0.1) is 11.3 Å². The first kappa shape index (κ1) is 14.4. The van der Waals surface area contributed by atoms with E-state index in [0.29, 0.717) is 10.9 Å². The van der Waals surface area contributed by atoms with Gasteiger partial charge in [-0.1, -0.05) is 0 Å². The summed E-state index contributed by atoms with van der Waals surface area (Å²) in [7, 11) is -6.51. The van der Waals surface area contributed by atoms with E-state index in [0.717, 1.165) is 11.3 Å². The molecule has 1 aliphatic rings. The predicted molar refractivity (Wildman–Crippen MR) is 74.0 cm³/mol. The molecule has 1 fully saturated rings. The lowest BCUT2D eigenvalue weighted by Crippen LogP contribution is -2.29. The van der Waals surface area contributed by atoms with E-state index in [1.165, 1.54) is 0 Å². The Balaban J connectivity index is 2.01. The third kappa shape index (κ3) is 3.32. The van der Waals surface area contributed by atoms with Gasteiger partial charge in [0.1, 0.15) is 4.21 Å². The molecule has 0 spiro atoms. The van der Waals surface area contributed by atoms with E-state index < -0.39 is 19.9 Å². The van der Waals surface area contributed by atoms with Gasteiger partial charge in [-0.3, -0.25) is 0 Å². The molecule has 0 amide bonds. The summed E-state index contributed by atoms with van der Waals surface area (Å²) >= 11 is 4.29. The zero-order valence-corrected chi connectivity index (χ0v) is 13.3. The summed E-state index contributed by atoms with van der Waals surface area (Å²) in [4.78, 5) is 0. The molecule has 0 aliphatic carbocycles. The number of halogens is 1. The van der Waals surface area contributed by atoms with Crippen LogP contribution in [-0.2, 0) is 19.9 Å². The first-order chi connectivity index (χ1) is 8.30.